The Morgan fingerprint density at radius 1 is 0.941 bits per heavy atom. The molecule has 0 aromatic heterocycles. The molecule has 1 aliphatic heterocycles. The van der Waals surface area contributed by atoms with Crippen LogP contribution in [-0.4, -0.2) is 31.6 Å². The summed E-state index contributed by atoms with van der Waals surface area (Å²) in [6, 6.07) is 19.9. The van der Waals surface area contributed by atoms with Crippen molar-refractivity contribution in [2.75, 3.05) is 7.11 Å². The second-order valence-electron chi connectivity index (χ2n) is 7.46. The molecular weight excluding hydrogens is 474 g/mol. The van der Waals surface area contributed by atoms with Gasteiger partial charge in [0.05, 0.1) is 18.6 Å². The third-order valence-corrected chi connectivity index (χ3v) is 7.34. The number of imide groups is 1. The highest BCUT2D eigenvalue weighted by Gasteiger charge is 2.35. The van der Waals surface area contributed by atoms with E-state index in [0.717, 1.165) is 22.9 Å². The molecule has 9 heteroatoms. The maximum atomic E-state index is 12.9. The first-order valence-electron chi connectivity index (χ1n) is 10.3. The molecule has 0 radical (unpaired) electrons. The van der Waals surface area contributed by atoms with Crippen molar-refractivity contribution in [3.05, 3.63) is 94.4 Å². The van der Waals surface area contributed by atoms with Gasteiger partial charge in [-0.05, 0) is 65.7 Å². The summed E-state index contributed by atoms with van der Waals surface area (Å²) in [4.78, 5) is 26.9. The summed E-state index contributed by atoms with van der Waals surface area (Å²) in [5.74, 6) is -0.201. The van der Waals surface area contributed by atoms with Crippen LogP contribution in [0.3, 0.4) is 0 Å². The van der Waals surface area contributed by atoms with Gasteiger partial charge in [-0.25, -0.2) is 0 Å². The van der Waals surface area contributed by atoms with E-state index in [1.165, 1.54) is 30.2 Å². The van der Waals surface area contributed by atoms with E-state index in [9.17, 15) is 18.0 Å². The van der Waals surface area contributed by atoms with Crippen molar-refractivity contribution in [2.45, 2.75) is 18.4 Å². The summed E-state index contributed by atoms with van der Waals surface area (Å²) < 4.78 is 35.6. The average Bonchev–Trinajstić information content (AvgIpc) is 3.09. The molecule has 34 heavy (non-hydrogen) atoms. The number of benzene rings is 3. The smallest absolute Gasteiger partial charge is 0.339 e. The van der Waals surface area contributed by atoms with Gasteiger partial charge in [0, 0.05) is 0 Å². The lowest BCUT2D eigenvalue weighted by molar-refractivity contribution is -0.123. The third kappa shape index (κ3) is 5.00. The van der Waals surface area contributed by atoms with Crippen LogP contribution >= 0.6 is 11.8 Å². The van der Waals surface area contributed by atoms with Gasteiger partial charge >= 0.3 is 10.1 Å². The van der Waals surface area contributed by atoms with E-state index < -0.39 is 10.1 Å². The summed E-state index contributed by atoms with van der Waals surface area (Å²) in [6.45, 7) is 2.13. The van der Waals surface area contributed by atoms with Gasteiger partial charge in [0.2, 0.25) is 0 Å². The lowest BCUT2D eigenvalue weighted by Gasteiger charge is -2.14. The molecule has 1 fully saturated rings. The van der Waals surface area contributed by atoms with Gasteiger partial charge in [0.25, 0.3) is 11.1 Å². The summed E-state index contributed by atoms with van der Waals surface area (Å²) in [7, 11) is -2.66. The standard InChI is InChI=1S/C25H21NO6S2/c1-17-8-6-7-9-19(17)16-26-24(27)23(33-25(26)28)15-18-12-13-21(22(14-18)31-2)32-34(29,30)20-10-4-3-5-11-20/h3-15H,16H2,1-2H3/b23-15-. The van der Waals surface area contributed by atoms with E-state index in [-0.39, 0.29) is 39.0 Å². The number of carbonyl (C=O) groups is 2. The Labute approximate surface area is 202 Å². The van der Waals surface area contributed by atoms with Crippen LogP contribution < -0.4 is 8.92 Å². The van der Waals surface area contributed by atoms with Crippen LogP contribution in [0.25, 0.3) is 6.08 Å². The maximum Gasteiger partial charge on any atom is 0.339 e. The van der Waals surface area contributed by atoms with Crippen molar-refractivity contribution in [3.63, 3.8) is 0 Å². The molecular formula is C25H21NO6S2. The predicted octanol–water partition coefficient (Wildman–Crippen LogP) is 5.01. The highest BCUT2D eigenvalue weighted by Crippen LogP contribution is 2.36. The van der Waals surface area contributed by atoms with Gasteiger partial charge in [0.15, 0.2) is 11.5 Å². The Bertz CT molecular complexity index is 1380. The number of rotatable bonds is 7. The first-order valence-corrected chi connectivity index (χ1v) is 12.5. The van der Waals surface area contributed by atoms with Crippen molar-refractivity contribution in [1.29, 1.82) is 0 Å². The number of methoxy groups -OCH3 is 1. The van der Waals surface area contributed by atoms with Gasteiger partial charge in [0.1, 0.15) is 4.90 Å². The first-order chi connectivity index (χ1) is 16.3. The van der Waals surface area contributed by atoms with E-state index >= 15 is 0 Å². The van der Waals surface area contributed by atoms with Crippen molar-refractivity contribution in [1.82, 2.24) is 4.90 Å². The van der Waals surface area contributed by atoms with Crippen LogP contribution in [-0.2, 0) is 21.5 Å². The topological polar surface area (TPSA) is 90.0 Å². The third-order valence-electron chi connectivity index (χ3n) is 5.18. The Morgan fingerprint density at radius 3 is 2.35 bits per heavy atom. The molecule has 0 atom stereocenters. The van der Waals surface area contributed by atoms with Gasteiger partial charge in [-0.15, -0.1) is 0 Å². The molecule has 0 N–H and O–H groups in total. The molecule has 0 saturated carbocycles. The molecule has 4 rings (SSSR count). The van der Waals surface area contributed by atoms with Gasteiger partial charge in [-0.3, -0.25) is 14.5 Å². The molecule has 7 nitrogen and oxygen atoms in total. The van der Waals surface area contributed by atoms with E-state index in [2.05, 4.69) is 0 Å². The zero-order valence-corrected chi connectivity index (χ0v) is 20.1. The molecule has 1 heterocycles. The molecule has 3 aromatic rings. The van der Waals surface area contributed by atoms with Crippen LogP contribution in [0, 0.1) is 6.92 Å². The second-order valence-corrected chi connectivity index (χ2v) is 9.99. The molecule has 1 saturated heterocycles. The van der Waals surface area contributed by atoms with Crippen molar-refractivity contribution < 1.29 is 26.9 Å². The van der Waals surface area contributed by atoms with Crippen LogP contribution in [0.4, 0.5) is 4.79 Å². The molecule has 0 unspecified atom stereocenters. The molecule has 0 spiro atoms. The van der Waals surface area contributed by atoms with Crippen molar-refractivity contribution >= 4 is 39.1 Å². The number of thioether (sulfide) groups is 1. The van der Waals surface area contributed by atoms with Gasteiger partial charge in [-0.2, -0.15) is 8.42 Å². The molecule has 174 valence electrons. The SMILES string of the molecule is COc1cc(/C=C2\SC(=O)N(Cc3ccccc3C)C2=O)ccc1OS(=O)(=O)c1ccccc1. The second kappa shape index (κ2) is 9.74. The fourth-order valence-electron chi connectivity index (χ4n) is 3.34. The molecule has 1 aliphatic rings. The fourth-order valence-corrected chi connectivity index (χ4v) is 5.14. The number of amides is 2. The lowest BCUT2D eigenvalue weighted by atomic mass is 10.1. The number of aryl methyl sites for hydroxylation is 1. The van der Waals surface area contributed by atoms with E-state index in [0.29, 0.717) is 5.56 Å². The number of ether oxygens (including phenoxy) is 1. The highest BCUT2D eigenvalue weighted by atomic mass is 32.2. The normalized spacial score (nSPS) is 15.1. The quantitative estimate of drug-likeness (QED) is 0.336. The molecule has 0 aliphatic carbocycles. The average molecular weight is 496 g/mol. The van der Waals surface area contributed by atoms with E-state index in [1.54, 1.807) is 36.4 Å². The van der Waals surface area contributed by atoms with Crippen molar-refractivity contribution in [2.24, 2.45) is 0 Å². The summed E-state index contributed by atoms with van der Waals surface area (Å²) in [5, 5.41) is -0.347. The van der Waals surface area contributed by atoms with Gasteiger partial charge < -0.3 is 8.92 Å². The largest absolute Gasteiger partial charge is 0.493 e. The van der Waals surface area contributed by atoms with Crippen LogP contribution in [0.2, 0.25) is 0 Å². The van der Waals surface area contributed by atoms with Crippen LogP contribution in [0.5, 0.6) is 11.5 Å². The van der Waals surface area contributed by atoms with Crippen LogP contribution in [0.1, 0.15) is 16.7 Å². The zero-order chi connectivity index (χ0) is 24.3. The van der Waals surface area contributed by atoms with Crippen LogP contribution in [0.15, 0.2) is 82.6 Å². The van der Waals surface area contributed by atoms with Gasteiger partial charge in [-0.1, -0.05) is 48.5 Å². The summed E-state index contributed by atoms with van der Waals surface area (Å²) >= 11 is 0.857. The first kappa shape index (κ1) is 23.6. The maximum absolute atomic E-state index is 12.9. The highest BCUT2D eigenvalue weighted by molar-refractivity contribution is 8.18. The minimum absolute atomic E-state index is 0.0103. The number of hydrogen-bond acceptors (Lipinski definition) is 7. The Balaban J connectivity index is 1.56. The molecule has 2 amide bonds. The predicted molar refractivity (Wildman–Crippen MR) is 130 cm³/mol. The van der Waals surface area contributed by atoms with E-state index in [4.69, 9.17) is 8.92 Å². The zero-order valence-electron chi connectivity index (χ0n) is 18.4. The number of nitrogens with zero attached hydrogens (tertiary/aromatic N) is 1. The Hall–Kier alpha value is -3.56. The van der Waals surface area contributed by atoms with E-state index in [1.807, 2.05) is 31.2 Å². The summed E-state index contributed by atoms with van der Waals surface area (Å²) in [6.07, 6.45) is 1.57. The van der Waals surface area contributed by atoms with Crippen molar-refractivity contribution in [3.8, 4) is 11.5 Å². The Kier molecular flexibility index (Phi) is 6.76. The molecule has 0 bridgehead atoms. The fraction of sp³-hybridized carbons (Fsp3) is 0.120. The lowest BCUT2D eigenvalue weighted by Crippen LogP contribution is -2.27. The Morgan fingerprint density at radius 2 is 1.65 bits per heavy atom. The summed E-state index contributed by atoms with van der Waals surface area (Å²) in [5.41, 5.74) is 2.45. The minimum atomic E-state index is -4.04. The monoisotopic (exact) mass is 495 g/mol. The number of carbonyl (C=O) groups excluding carboxylic acids is 2. The minimum Gasteiger partial charge on any atom is -0.493 e. The number of hydrogen-bond donors (Lipinski definition) is 0. The molecule has 3 aromatic carbocycles.